The lowest BCUT2D eigenvalue weighted by Crippen LogP contribution is -2.33. The highest BCUT2D eigenvalue weighted by Crippen LogP contribution is 2.13. The molecule has 1 aromatic carbocycles. The third kappa shape index (κ3) is 9.22. The Bertz CT molecular complexity index is 597. The lowest BCUT2D eigenvalue weighted by atomic mass is 10.0. The second-order valence-corrected chi connectivity index (χ2v) is 7.98. The van der Waals surface area contributed by atoms with Gasteiger partial charge in [-0.3, -0.25) is 0 Å². The van der Waals surface area contributed by atoms with Crippen molar-refractivity contribution in [1.29, 1.82) is 0 Å². The number of pyridine rings is 1. The number of aromatic nitrogens is 1. The largest absolute Gasteiger partial charge is 0.201 e. The van der Waals surface area contributed by atoms with Crippen LogP contribution in [-0.4, -0.2) is 0 Å². The number of rotatable bonds is 14. The molecule has 1 heteroatoms. The number of hydrogen-bond acceptors (Lipinski definition) is 0. The minimum absolute atomic E-state index is 0.961. The lowest BCUT2D eigenvalue weighted by Gasteiger charge is -2.04. The number of aryl methyl sites for hydroxylation is 2. The normalized spacial score (nSPS) is 11.0. The van der Waals surface area contributed by atoms with Gasteiger partial charge in [0.15, 0.2) is 18.9 Å². The summed E-state index contributed by atoms with van der Waals surface area (Å²) < 4.78 is 2.26. The topological polar surface area (TPSA) is 3.88 Å². The Kier molecular flexibility index (Phi) is 10.9. The zero-order valence-corrected chi connectivity index (χ0v) is 17.8. The van der Waals surface area contributed by atoms with Crippen LogP contribution in [0.2, 0.25) is 0 Å². The maximum Gasteiger partial charge on any atom is 0.173 e. The van der Waals surface area contributed by atoms with Gasteiger partial charge in [-0.05, 0) is 30.4 Å². The van der Waals surface area contributed by atoms with E-state index in [9.17, 15) is 0 Å². The first-order chi connectivity index (χ1) is 13.3. The van der Waals surface area contributed by atoms with Crippen molar-refractivity contribution in [2.45, 2.75) is 97.4 Å². The van der Waals surface area contributed by atoms with Crippen LogP contribution in [0.25, 0.3) is 0 Å². The van der Waals surface area contributed by atoms with Crippen molar-refractivity contribution in [3.63, 3.8) is 0 Å². The van der Waals surface area contributed by atoms with Gasteiger partial charge < -0.3 is 0 Å². The zero-order chi connectivity index (χ0) is 19.2. The van der Waals surface area contributed by atoms with Gasteiger partial charge in [0, 0.05) is 17.7 Å². The molecule has 0 fully saturated rings. The molecule has 0 spiro atoms. The molecule has 1 nitrogen and oxygen atoms in total. The molecule has 0 N–H and O–H groups in total. The highest BCUT2D eigenvalue weighted by molar-refractivity contribution is 5.22. The van der Waals surface area contributed by atoms with Crippen molar-refractivity contribution in [2.24, 2.45) is 0 Å². The molecule has 148 valence electrons. The quantitative estimate of drug-likeness (QED) is 0.249. The standard InChI is InChI=1S/C26H40N/c1-3-5-6-7-8-9-10-11-12-13-14-25-15-17-26(18-16-25)23-27-21-19-24(4-2)20-22-27/h15-22H,3-14,23H2,1-2H3/q+1. The maximum atomic E-state index is 2.32. The number of unbranched alkanes of at least 4 members (excludes halogenated alkanes) is 9. The highest BCUT2D eigenvalue weighted by atomic mass is 14.9. The number of nitrogens with zero attached hydrogens (tertiary/aromatic N) is 1. The van der Waals surface area contributed by atoms with Gasteiger partial charge in [0.2, 0.25) is 0 Å². The lowest BCUT2D eigenvalue weighted by molar-refractivity contribution is -0.688. The second-order valence-electron chi connectivity index (χ2n) is 7.98. The van der Waals surface area contributed by atoms with E-state index in [1.807, 2.05) is 0 Å². The van der Waals surface area contributed by atoms with Gasteiger partial charge in [-0.15, -0.1) is 0 Å². The molecule has 0 amide bonds. The van der Waals surface area contributed by atoms with E-state index in [0.29, 0.717) is 0 Å². The minimum Gasteiger partial charge on any atom is -0.201 e. The predicted octanol–water partition coefficient (Wildman–Crippen LogP) is 7.05. The van der Waals surface area contributed by atoms with E-state index in [4.69, 9.17) is 0 Å². The van der Waals surface area contributed by atoms with Crippen LogP contribution >= 0.6 is 0 Å². The summed E-state index contributed by atoms with van der Waals surface area (Å²) in [5, 5.41) is 0. The summed E-state index contributed by atoms with van der Waals surface area (Å²) >= 11 is 0. The molecular formula is C26H40N+. The molecule has 1 aromatic heterocycles. The molecule has 1 heterocycles. The first-order valence-electron chi connectivity index (χ1n) is 11.4. The molecule has 27 heavy (non-hydrogen) atoms. The van der Waals surface area contributed by atoms with Gasteiger partial charge in [0.1, 0.15) is 0 Å². The third-order valence-corrected chi connectivity index (χ3v) is 5.58. The number of benzene rings is 1. The Morgan fingerprint density at radius 2 is 1.07 bits per heavy atom. The monoisotopic (exact) mass is 366 g/mol. The summed E-state index contributed by atoms with van der Waals surface area (Å²) in [4.78, 5) is 0. The average molecular weight is 367 g/mol. The van der Waals surface area contributed by atoms with Gasteiger partial charge in [-0.25, -0.2) is 4.57 Å². The van der Waals surface area contributed by atoms with Crippen molar-refractivity contribution in [2.75, 3.05) is 0 Å². The van der Waals surface area contributed by atoms with Crippen molar-refractivity contribution >= 4 is 0 Å². The number of hydrogen-bond donors (Lipinski definition) is 0. The Hall–Kier alpha value is -1.63. The van der Waals surface area contributed by atoms with Gasteiger partial charge in [0.25, 0.3) is 0 Å². The molecule has 0 radical (unpaired) electrons. The van der Waals surface area contributed by atoms with E-state index < -0.39 is 0 Å². The van der Waals surface area contributed by atoms with E-state index in [0.717, 1.165) is 13.0 Å². The summed E-state index contributed by atoms with van der Waals surface area (Å²) in [5.41, 5.74) is 4.28. The van der Waals surface area contributed by atoms with E-state index in [-0.39, 0.29) is 0 Å². The first kappa shape index (κ1) is 21.7. The van der Waals surface area contributed by atoms with Crippen LogP contribution in [0.15, 0.2) is 48.8 Å². The summed E-state index contributed by atoms with van der Waals surface area (Å²) in [5.74, 6) is 0. The van der Waals surface area contributed by atoms with E-state index >= 15 is 0 Å². The van der Waals surface area contributed by atoms with Gasteiger partial charge in [-0.1, -0.05) is 95.9 Å². The van der Waals surface area contributed by atoms with E-state index in [2.05, 4.69) is 67.2 Å². The van der Waals surface area contributed by atoms with Crippen molar-refractivity contribution in [3.05, 3.63) is 65.5 Å². The average Bonchev–Trinajstić information content (AvgIpc) is 2.71. The van der Waals surface area contributed by atoms with E-state index in [1.165, 1.54) is 87.3 Å². The molecule has 0 atom stereocenters. The van der Waals surface area contributed by atoms with Crippen LogP contribution in [0, 0.1) is 0 Å². The minimum atomic E-state index is 0.961. The van der Waals surface area contributed by atoms with Crippen LogP contribution in [0.1, 0.15) is 94.7 Å². The molecular weight excluding hydrogens is 326 g/mol. The Morgan fingerprint density at radius 3 is 1.63 bits per heavy atom. The van der Waals surface area contributed by atoms with Crippen LogP contribution < -0.4 is 4.57 Å². The molecule has 0 saturated carbocycles. The van der Waals surface area contributed by atoms with Gasteiger partial charge in [-0.2, -0.15) is 0 Å². The summed E-state index contributed by atoms with van der Waals surface area (Å²) in [6.45, 7) is 5.45. The maximum absolute atomic E-state index is 2.32. The summed E-state index contributed by atoms with van der Waals surface area (Å²) in [6, 6.07) is 13.7. The Labute approximate surface area is 167 Å². The molecule has 0 aliphatic carbocycles. The predicted molar refractivity (Wildman–Crippen MR) is 117 cm³/mol. The smallest absolute Gasteiger partial charge is 0.173 e. The van der Waals surface area contributed by atoms with Crippen molar-refractivity contribution in [3.8, 4) is 0 Å². The first-order valence-corrected chi connectivity index (χ1v) is 11.4. The fourth-order valence-electron chi connectivity index (χ4n) is 3.67. The molecule has 0 unspecified atom stereocenters. The fraction of sp³-hybridized carbons (Fsp3) is 0.577. The summed E-state index contributed by atoms with van der Waals surface area (Å²) in [6.07, 6.45) is 20.8. The summed E-state index contributed by atoms with van der Waals surface area (Å²) in [7, 11) is 0. The molecule has 0 aliphatic heterocycles. The van der Waals surface area contributed by atoms with Crippen molar-refractivity contribution < 1.29 is 4.57 Å². The Morgan fingerprint density at radius 1 is 0.556 bits per heavy atom. The second kappa shape index (κ2) is 13.5. The van der Waals surface area contributed by atoms with Crippen LogP contribution in [-0.2, 0) is 19.4 Å². The SMILES string of the molecule is CCCCCCCCCCCCc1ccc(C[n+]2ccc(CC)cc2)cc1. The molecule has 0 bridgehead atoms. The van der Waals surface area contributed by atoms with Crippen LogP contribution in [0.5, 0.6) is 0 Å². The van der Waals surface area contributed by atoms with Crippen molar-refractivity contribution in [1.82, 2.24) is 0 Å². The zero-order valence-electron chi connectivity index (χ0n) is 17.8. The van der Waals surface area contributed by atoms with E-state index in [1.54, 1.807) is 0 Å². The molecule has 0 saturated heterocycles. The molecule has 0 aliphatic rings. The van der Waals surface area contributed by atoms with Gasteiger partial charge in [0.05, 0.1) is 0 Å². The fourth-order valence-corrected chi connectivity index (χ4v) is 3.67. The third-order valence-electron chi connectivity index (χ3n) is 5.58. The highest BCUT2D eigenvalue weighted by Gasteiger charge is 2.03. The van der Waals surface area contributed by atoms with Gasteiger partial charge >= 0.3 is 0 Å². The molecule has 2 aromatic rings. The Balaban J connectivity index is 1.57. The molecule has 2 rings (SSSR count). The van der Waals surface area contributed by atoms with Crippen LogP contribution in [0.4, 0.5) is 0 Å². The van der Waals surface area contributed by atoms with Crippen LogP contribution in [0.3, 0.4) is 0 Å².